The van der Waals surface area contributed by atoms with Crippen LogP contribution in [-0.2, 0) is 9.59 Å². The van der Waals surface area contributed by atoms with Crippen LogP contribution in [0.1, 0.15) is 32.1 Å². The van der Waals surface area contributed by atoms with Gasteiger partial charge >= 0.3 is 0 Å². The summed E-state index contributed by atoms with van der Waals surface area (Å²) >= 11 is 0. The highest BCUT2D eigenvalue weighted by molar-refractivity contribution is 6.08. The molecule has 2 aliphatic rings. The maximum absolute atomic E-state index is 12.5. The molecular formula is C13H22N4O3. The number of hydrogen-bond acceptors (Lipinski definition) is 4. The van der Waals surface area contributed by atoms with Crippen molar-refractivity contribution in [3.05, 3.63) is 0 Å². The van der Waals surface area contributed by atoms with Crippen molar-refractivity contribution in [2.45, 2.75) is 32.1 Å². The van der Waals surface area contributed by atoms with E-state index in [2.05, 4.69) is 5.16 Å². The number of amides is 2. The first-order chi connectivity index (χ1) is 9.51. The summed E-state index contributed by atoms with van der Waals surface area (Å²) in [5, 5.41) is 11.8. The zero-order valence-electron chi connectivity index (χ0n) is 11.8. The lowest BCUT2D eigenvalue weighted by molar-refractivity contribution is -0.145. The van der Waals surface area contributed by atoms with Crippen LogP contribution in [0.15, 0.2) is 5.16 Å². The van der Waals surface area contributed by atoms with E-state index < -0.39 is 5.41 Å². The topological polar surface area (TPSA) is 99.2 Å². The van der Waals surface area contributed by atoms with Gasteiger partial charge < -0.3 is 20.7 Å². The standard InChI is InChI=1S/C13H22N4O3/c1-16(9-10(18)17-7-2-3-8-17)12(19)13(5-4-6-13)11(14)15-20/h20H,2-9H2,1H3,(H2,14,15). The summed E-state index contributed by atoms with van der Waals surface area (Å²) in [5.41, 5.74) is 4.75. The van der Waals surface area contributed by atoms with Crippen LogP contribution in [0.2, 0.25) is 0 Å². The minimum Gasteiger partial charge on any atom is -0.409 e. The number of nitrogens with zero attached hydrogens (tertiary/aromatic N) is 3. The first-order valence-corrected chi connectivity index (χ1v) is 7.02. The summed E-state index contributed by atoms with van der Waals surface area (Å²) in [6.07, 6.45) is 4.07. The lowest BCUT2D eigenvalue weighted by atomic mass is 9.67. The van der Waals surface area contributed by atoms with Crippen molar-refractivity contribution in [2.75, 3.05) is 26.7 Å². The fourth-order valence-electron chi connectivity index (χ4n) is 2.91. The van der Waals surface area contributed by atoms with Gasteiger partial charge in [0.1, 0.15) is 5.41 Å². The van der Waals surface area contributed by atoms with Crippen molar-refractivity contribution in [3.8, 4) is 0 Å². The van der Waals surface area contributed by atoms with Crippen LogP contribution in [-0.4, -0.2) is 59.3 Å². The van der Waals surface area contributed by atoms with Gasteiger partial charge in [-0.3, -0.25) is 9.59 Å². The second-order valence-electron chi connectivity index (χ2n) is 5.67. The van der Waals surface area contributed by atoms with E-state index in [4.69, 9.17) is 10.9 Å². The van der Waals surface area contributed by atoms with Crippen molar-refractivity contribution in [3.63, 3.8) is 0 Å². The first kappa shape index (κ1) is 14.6. The Hall–Kier alpha value is -1.79. The number of likely N-dealkylation sites (N-methyl/N-ethyl adjacent to an activating group) is 1. The van der Waals surface area contributed by atoms with Crippen LogP contribution >= 0.6 is 0 Å². The van der Waals surface area contributed by atoms with Crippen molar-refractivity contribution in [2.24, 2.45) is 16.3 Å². The molecule has 2 rings (SSSR count). The van der Waals surface area contributed by atoms with E-state index in [0.29, 0.717) is 12.8 Å². The molecule has 7 heteroatoms. The van der Waals surface area contributed by atoms with Gasteiger partial charge in [0.15, 0.2) is 5.84 Å². The average molecular weight is 282 g/mol. The van der Waals surface area contributed by atoms with Crippen LogP contribution in [0.4, 0.5) is 0 Å². The van der Waals surface area contributed by atoms with Gasteiger partial charge in [0, 0.05) is 20.1 Å². The number of hydrogen-bond donors (Lipinski definition) is 2. The van der Waals surface area contributed by atoms with Crippen molar-refractivity contribution in [1.29, 1.82) is 0 Å². The molecule has 0 aromatic carbocycles. The van der Waals surface area contributed by atoms with E-state index in [9.17, 15) is 9.59 Å². The molecule has 2 amide bonds. The number of nitrogens with two attached hydrogens (primary N) is 1. The molecule has 1 saturated carbocycles. The Labute approximate surface area is 118 Å². The quantitative estimate of drug-likeness (QED) is 0.328. The Morgan fingerprint density at radius 1 is 1.30 bits per heavy atom. The Kier molecular flexibility index (Phi) is 4.15. The largest absolute Gasteiger partial charge is 0.409 e. The van der Waals surface area contributed by atoms with Gasteiger partial charge in [-0.25, -0.2) is 0 Å². The molecule has 0 radical (unpaired) electrons. The zero-order valence-corrected chi connectivity index (χ0v) is 11.8. The molecule has 1 heterocycles. The first-order valence-electron chi connectivity index (χ1n) is 7.02. The molecule has 112 valence electrons. The molecule has 0 aromatic rings. The number of carbonyl (C=O) groups excluding carboxylic acids is 2. The zero-order chi connectivity index (χ0) is 14.8. The van der Waals surface area contributed by atoms with E-state index in [0.717, 1.165) is 32.4 Å². The fraction of sp³-hybridized carbons (Fsp3) is 0.769. The van der Waals surface area contributed by atoms with E-state index in [1.54, 1.807) is 11.9 Å². The average Bonchev–Trinajstić information content (AvgIpc) is 2.90. The van der Waals surface area contributed by atoms with Gasteiger partial charge in [-0.05, 0) is 25.7 Å². The fourth-order valence-corrected chi connectivity index (χ4v) is 2.91. The molecule has 1 aliphatic carbocycles. The predicted octanol–water partition coefficient (Wildman–Crippen LogP) is -0.0161. The highest BCUT2D eigenvalue weighted by Crippen LogP contribution is 2.42. The molecule has 1 saturated heterocycles. The summed E-state index contributed by atoms with van der Waals surface area (Å²) in [6, 6.07) is 0. The maximum Gasteiger partial charge on any atom is 0.242 e. The SMILES string of the molecule is CN(CC(=O)N1CCCC1)C(=O)C1(C(N)=NO)CCC1. The summed E-state index contributed by atoms with van der Waals surface area (Å²) in [6.45, 7) is 1.60. The van der Waals surface area contributed by atoms with Crippen LogP contribution in [0.25, 0.3) is 0 Å². The Bertz CT molecular complexity index is 425. The monoisotopic (exact) mass is 282 g/mol. The smallest absolute Gasteiger partial charge is 0.242 e. The normalized spacial score (nSPS) is 21.4. The number of oxime groups is 1. The van der Waals surface area contributed by atoms with Gasteiger partial charge in [0.25, 0.3) is 0 Å². The predicted molar refractivity (Wildman–Crippen MR) is 73.1 cm³/mol. The van der Waals surface area contributed by atoms with Crippen molar-refractivity contribution < 1.29 is 14.8 Å². The van der Waals surface area contributed by atoms with E-state index >= 15 is 0 Å². The lowest BCUT2D eigenvalue weighted by Crippen LogP contribution is -2.55. The number of amidine groups is 1. The molecule has 0 unspecified atom stereocenters. The Morgan fingerprint density at radius 2 is 1.90 bits per heavy atom. The number of likely N-dealkylation sites (tertiary alicyclic amines) is 1. The van der Waals surface area contributed by atoms with E-state index in [1.807, 2.05) is 0 Å². The van der Waals surface area contributed by atoms with Crippen molar-refractivity contribution in [1.82, 2.24) is 9.80 Å². The van der Waals surface area contributed by atoms with Crippen LogP contribution in [0.3, 0.4) is 0 Å². The molecule has 0 atom stereocenters. The van der Waals surface area contributed by atoms with Crippen LogP contribution in [0, 0.1) is 5.41 Å². The third-order valence-electron chi connectivity index (χ3n) is 4.39. The molecule has 0 aromatic heterocycles. The van der Waals surface area contributed by atoms with Gasteiger partial charge in [-0.1, -0.05) is 11.6 Å². The Morgan fingerprint density at radius 3 is 2.35 bits per heavy atom. The molecule has 20 heavy (non-hydrogen) atoms. The molecular weight excluding hydrogens is 260 g/mol. The molecule has 7 nitrogen and oxygen atoms in total. The van der Waals surface area contributed by atoms with Crippen LogP contribution < -0.4 is 5.73 Å². The second kappa shape index (κ2) is 5.68. The van der Waals surface area contributed by atoms with Gasteiger partial charge in [0.05, 0.1) is 6.54 Å². The Balaban J connectivity index is 1.99. The molecule has 0 spiro atoms. The van der Waals surface area contributed by atoms with Crippen LogP contribution in [0.5, 0.6) is 0 Å². The molecule has 3 N–H and O–H groups in total. The van der Waals surface area contributed by atoms with Gasteiger partial charge in [-0.2, -0.15) is 0 Å². The van der Waals surface area contributed by atoms with Gasteiger partial charge in [0.2, 0.25) is 11.8 Å². The lowest BCUT2D eigenvalue weighted by Gasteiger charge is -2.41. The van der Waals surface area contributed by atoms with E-state index in [1.165, 1.54) is 4.90 Å². The minimum atomic E-state index is -0.908. The van der Waals surface area contributed by atoms with Gasteiger partial charge in [-0.15, -0.1) is 0 Å². The summed E-state index contributed by atoms with van der Waals surface area (Å²) < 4.78 is 0. The highest BCUT2D eigenvalue weighted by Gasteiger charge is 2.50. The molecule has 0 bridgehead atoms. The summed E-state index contributed by atoms with van der Waals surface area (Å²) in [7, 11) is 1.60. The summed E-state index contributed by atoms with van der Waals surface area (Å²) in [5.74, 6) is -0.312. The molecule has 2 fully saturated rings. The number of carbonyl (C=O) groups is 2. The molecule has 1 aliphatic heterocycles. The third-order valence-corrected chi connectivity index (χ3v) is 4.39. The third kappa shape index (κ3) is 2.44. The van der Waals surface area contributed by atoms with E-state index in [-0.39, 0.29) is 24.2 Å². The second-order valence-corrected chi connectivity index (χ2v) is 5.67. The minimum absolute atomic E-state index is 0.0349. The maximum atomic E-state index is 12.5. The number of rotatable bonds is 4. The summed E-state index contributed by atoms with van der Waals surface area (Å²) in [4.78, 5) is 27.7. The van der Waals surface area contributed by atoms with Crippen molar-refractivity contribution >= 4 is 17.6 Å². The highest BCUT2D eigenvalue weighted by atomic mass is 16.4.